The molecule has 1 fully saturated rings. The lowest BCUT2D eigenvalue weighted by Crippen LogP contribution is -2.45. The number of hydrogen-bond acceptors (Lipinski definition) is 4. The van der Waals surface area contributed by atoms with Crippen molar-refractivity contribution in [3.05, 3.63) is 58.6 Å². The summed E-state index contributed by atoms with van der Waals surface area (Å²) in [5.41, 5.74) is 1.30. The number of ether oxygens (including phenoxy) is 1. The van der Waals surface area contributed by atoms with E-state index in [0.29, 0.717) is 19.0 Å². The molecule has 0 bridgehead atoms. The van der Waals surface area contributed by atoms with E-state index in [4.69, 9.17) is 4.74 Å². The fraction of sp³-hybridized carbons (Fsp3) is 0.444. The molecule has 1 saturated heterocycles. The smallest absolute Gasteiger partial charge is 0.293 e. The third-order valence-corrected chi connectivity index (χ3v) is 4.27. The van der Waals surface area contributed by atoms with Gasteiger partial charge in [0.2, 0.25) is 0 Å². The number of anilines is 1. The summed E-state index contributed by atoms with van der Waals surface area (Å²) in [6.45, 7) is 4.71. The van der Waals surface area contributed by atoms with Gasteiger partial charge in [0.15, 0.2) is 5.82 Å². The normalized spacial score (nSPS) is 18.1. The van der Waals surface area contributed by atoms with Gasteiger partial charge in [0.1, 0.15) is 0 Å². The van der Waals surface area contributed by atoms with Crippen LogP contribution in [-0.4, -0.2) is 35.4 Å². The number of nitrogens with zero attached hydrogens (tertiary/aromatic N) is 3. The Morgan fingerprint density at radius 3 is 2.91 bits per heavy atom. The molecule has 5 nitrogen and oxygen atoms in total. The Morgan fingerprint density at radius 1 is 1.30 bits per heavy atom. The summed E-state index contributed by atoms with van der Waals surface area (Å²) in [7, 11) is 0. The summed E-state index contributed by atoms with van der Waals surface area (Å²) in [5.74, 6) is 0.544. The first-order valence-corrected chi connectivity index (χ1v) is 8.24. The van der Waals surface area contributed by atoms with Gasteiger partial charge in [-0.3, -0.25) is 4.79 Å². The van der Waals surface area contributed by atoms with Gasteiger partial charge >= 0.3 is 0 Å². The van der Waals surface area contributed by atoms with Crippen LogP contribution in [0.2, 0.25) is 0 Å². The van der Waals surface area contributed by atoms with Gasteiger partial charge in [-0.05, 0) is 25.3 Å². The largest absolute Gasteiger partial charge is 0.375 e. The van der Waals surface area contributed by atoms with Gasteiger partial charge in [-0.2, -0.15) is 0 Å². The van der Waals surface area contributed by atoms with Crippen molar-refractivity contribution in [3.8, 4) is 0 Å². The highest BCUT2D eigenvalue weighted by Gasteiger charge is 2.23. The van der Waals surface area contributed by atoms with Crippen molar-refractivity contribution in [2.75, 3.05) is 24.6 Å². The molecule has 0 radical (unpaired) electrons. The average molecular weight is 313 g/mol. The number of aryl methyl sites for hydroxylation is 2. The fourth-order valence-electron chi connectivity index (χ4n) is 2.96. The minimum Gasteiger partial charge on any atom is -0.375 e. The van der Waals surface area contributed by atoms with Crippen LogP contribution in [0.3, 0.4) is 0 Å². The SMILES string of the molecule is CCn1ccnc(N2CCO[C@@H](CCc3ccccc3)C2)c1=O. The number of benzene rings is 1. The maximum Gasteiger partial charge on any atom is 0.293 e. The zero-order chi connectivity index (χ0) is 16.1. The molecule has 0 aliphatic carbocycles. The van der Waals surface area contributed by atoms with Gasteiger partial charge in [0.05, 0.1) is 12.7 Å². The highest BCUT2D eigenvalue weighted by atomic mass is 16.5. The Kier molecular flexibility index (Phi) is 5.08. The van der Waals surface area contributed by atoms with Gasteiger partial charge in [-0.25, -0.2) is 4.98 Å². The van der Waals surface area contributed by atoms with Crippen molar-refractivity contribution in [3.63, 3.8) is 0 Å². The predicted molar refractivity (Wildman–Crippen MR) is 90.9 cm³/mol. The van der Waals surface area contributed by atoms with Crippen molar-refractivity contribution >= 4 is 5.82 Å². The first-order valence-electron chi connectivity index (χ1n) is 8.24. The quantitative estimate of drug-likeness (QED) is 0.848. The van der Waals surface area contributed by atoms with Crippen LogP contribution in [0.5, 0.6) is 0 Å². The lowest BCUT2D eigenvalue weighted by molar-refractivity contribution is 0.0351. The molecule has 1 atom stereocenters. The average Bonchev–Trinajstić information content (AvgIpc) is 2.61. The molecular weight excluding hydrogens is 290 g/mol. The van der Waals surface area contributed by atoms with E-state index in [1.807, 2.05) is 13.0 Å². The van der Waals surface area contributed by atoms with E-state index in [1.54, 1.807) is 17.0 Å². The molecule has 2 heterocycles. The van der Waals surface area contributed by atoms with E-state index in [1.165, 1.54) is 5.56 Å². The molecule has 3 rings (SSSR count). The summed E-state index contributed by atoms with van der Waals surface area (Å²) in [5, 5.41) is 0. The lowest BCUT2D eigenvalue weighted by atomic mass is 10.1. The van der Waals surface area contributed by atoms with E-state index >= 15 is 0 Å². The molecule has 0 unspecified atom stereocenters. The van der Waals surface area contributed by atoms with Crippen LogP contribution in [0.4, 0.5) is 5.82 Å². The first kappa shape index (κ1) is 15.7. The van der Waals surface area contributed by atoms with Crippen LogP contribution in [0.25, 0.3) is 0 Å². The second-order valence-corrected chi connectivity index (χ2v) is 5.81. The monoisotopic (exact) mass is 313 g/mol. The summed E-state index contributed by atoms with van der Waals surface area (Å²) < 4.78 is 7.56. The summed E-state index contributed by atoms with van der Waals surface area (Å²) >= 11 is 0. The molecule has 23 heavy (non-hydrogen) atoms. The number of hydrogen-bond donors (Lipinski definition) is 0. The second kappa shape index (κ2) is 7.42. The molecule has 0 spiro atoms. The molecular formula is C18H23N3O2. The Labute approximate surface area is 136 Å². The van der Waals surface area contributed by atoms with Crippen LogP contribution >= 0.6 is 0 Å². The summed E-state index contributed by atoms with van der Waals surface area (Å²) in [6.07, 6.45) is 5.52. The molecule has 1 aromatic carbocycles. The zero-order valence-corrected chi connectivity index (χ0v) is 13.5. The highest BCUT2D eigenvalue weighted by molar-refractivity contribution is 5.36. The maximum absolute atomic E-state index is 12.4. The van der Waals surface area contributed by atoms with Gasteiger partial charge in [-0.1, -0.05) is 30.3 Å². The Bertz CT molecular complexity index is 684. The van der Waals surface area contributed by atoms with Crippen molar-refractivity contribution in [2.24, 2.45) is 0 Å². The van der Waals surface area contributed by atoms with Crippen LogP contribution < -0.4 is 10.5 Å². The zero-order valence-electron chi connectivity index (χ0n) is 13.5. The Hall–Kier alpha value is -2.14. The molecule has 0 amide bonds. The molecule has 1 aliphatic rings. The predicted octanol–water partition coefficient (Wildman–Crippen LogP) is 2.10. The molecule has 5 heteroatoms. The van der Waals surface area contributed by atoms with Crippen LogP contribution in [0, 0.1) is 0 Å². The minimum atomic E-state index is -0.0151. The van der Waals surface area contributed by atoms with E-state index in [9.17, 15) is 4.79 Å². The standard InChI is InChI=1S/C18H23N3O2/c1-2-20-11-10-19-17(18(20)22)21-12-13-23-16(14-21)9-8-15-6-4-3-5-7-15/h3-7,10-11,16H,2,8-9,12-14H2,1H3/t16-/m0/s1. The van der Waals surface area contributed by atoms with Crippen LogP contribution in [0.1, 0.15) is 18.9 Å². The van der Waals surface area contributed by atoms with Crippen molar-refractivity contribution in [2.45, 2.75) is 32.4 Å². The molecule has 0 saturated carbocycles. The highest BCUT2D eigenvalue weighted by Crippen LogP contribution is 2.15. The number of aromatic nitrogens is 2. The fourth-order valence-corrected chi connectivity index (χ4v) is 2.96. The molecule has 122 valence electrons. The number of morpholine rings is 1. The first-order chi connectivity index (χ1) is 11.3. The van der Waals surface area contributed by atoms with E-state index in [0.717, 1.165) is 25.9 Å². The Balaban J connectivity index is 1.65. The van der Waals surface area contributed by atoms with Gasteiger partial charge in [-0.15, -0.1) is 0 Å². The maximum atomic E-state index is 12.4. The second-order valence-electron chi connectivity index (χ2n) is 5.81. The Morgan fingerprint density at radius 2 is 2.13 bits per heavy atom. The van der Waals surface area contributed by atoms with Gasteiger partial charge in [0.25, 0.3) is 5.56 Å². The lowest BCUT2D eigenvalue weighted by Gasteiger charge is -2.33. The van der Waals surface area contributed by atoms with E-state index in [-0.39, 0.29) is 11.7 Å². The summed E-state index contributed by atoms with van der Waals surface area (Å²) in [4.78, 5) is 18.8. The van der Waals surface area contributed by atoms with Gasteiger partial charge < -0.3 is 14.2 Å². The van der Waals surface area contributed by atoms with Crippen LogP contribution in [-0.2, 0) is 17.7 Å². The van der Waals surface area contributed by atoms with Gasteiger partial charge in [0, 0.05) is 32.0 Å². The molecule has 1 aliphatic heterocycles. The van der Waals surface area contributed by atoms with E-state index in [2.05, 4.69) is 34.1 Å². The number of rotatable bonds is 5. The molecule has 2 aromatic rings. The van der Waals surface area contributed by atoms with Crippen LogP contribution in [0.15, 0.2) is 47.5 Å². The minimum absolute atomic E-state index is 0.0151. The third-order valence-electron chi connectivity index (χ3n) is 4.27. The van der Waals surface area contributed by atoms with Crippen molar-refractivity contribution in [1.29, 1.82) is 0 Å². The topological polar surface area (TPSA) is 47.4 Å². The van der Waals surface area contributed by atoms with Crippen molar-refractivity contribution in [1.82, 2.24) is 9.55 Å². The third kappa shape index (κ3) is 3.79. The van der Waals surface area contributed by atoms with E-state index < -0.39 is 0 Å². The van der Waals surface area contributed by atoms with Crippen molar-refractivity contribution < 1.29 is 4.74 Å². The molecule has 1 aromatic heterocycles. The summed E-state index contributed by atoms with van der Waals surface area (Å²) in [6, 6.07) is 10.4. The molecule has 0 N–H and O–H groups in total.